The summed E-state index contributed by atoms with van der Waals surface area (Å²) in [6, 6.07) is 9.27. The second kappa shape index (κ2) is 13.3. The number of rotatable bonds is 12. The minimum Gasteiger partial charge on any atom is -0.491 e. The van der Waals surface area contributed by atoms with Crippen molar-refractivity contribution in [2.75, 3.05) is 6.61 Å². The number of hydrogen-bond donors (Lipinski definition) is 3. The second-order valence-electron chi connectivity index (χ2n) is 8.33. The first-order valence-electron chi connectivity index (χ1n) is 11.1. The van der Waals surface area contributed by atoms with Gasteiger partial charge in [0.05, 0.1) is 18.3 Å². The summed E-state index contributed by atoms with van der Waals surface area (Å²) in [6.07, 6.45) is 8.12. The zero-order chi connectivity index (χ0) is 22.6. The monoisotopic (exact) mass is 432 g/mol. The minimum absolute atomic E-state index is 0.0910. The number of unbranched alkanes of at least 4 members (excludes halogenated alkanes) is 1. The Hall–Kier alpha value is -2.15. The number of carbonyl (C=O) groups excluding carboxylic acids is 1. The van der Waals surface area contributed by atoms with Crippen molar-refractivity contribution >= 4 is 5.97 Å². The van der Waals surface area contributed by atoms with Crippen LogP contribution in [-0.2, 0) is 9.53 Å². The van der Waals surface area contributed by atoms with E-state index in [1.165, 1.54) is 0 Å². The number of hydrogen-bond acceptors (Lipinski definition) is 6. The van der Waals surface area contributed by atoms with Crippen molar-refractivity contribution in [1.29, 1.82) is 0 Å². The van der Waals surface area contributed by atoms with Crippen LogP contribution >= 0.6 is 0 Å². The first-order chi connectivity index (χ1) is 14.9. The van der Waals surface area contributed by atoms with E-state index in [1.54, 1.807) is 12.2 Å². The largest absolute Gasteiger partial charge is 0.491 e. The molecule has 1 unspecified atom stereocenters. The highest BCUT2D eigenvalue weighted by molar-refractivity contribution is 5.69. The van der Waals surface area contributed by atoms with E-state index in [9.17, 15) is 20.1 Å². The molecule has 0 radical (unpaired) electrons. The molecule has 1 aliphatic rings. The van der Waals surface area contributed by atoms with Gasteiger partial charge in [-0.25, -0.2) is 0 Å². The van der Waals surface area contributed by atoms with E-state index in [2.05, 4.69) is 0 Å². The molecule has 3 N–H and O–H groups in total. The van der Waals surface area contributed by atoms with Crippen LogP contribution in [0.25, 0.3) is 0 Å². The Morgan fingerprint density at radius 1 is 1.16 bits per heavy atom. The van der Waals surface area contributed by atoms with Gasteiger partial charge in [0.2, 0.25) is 0 Å². The third-order valence-corrected chi connectivity index (χ3v) is 5.33. The van der Waals surface area contributed by atoms with Crippen molar-refractivity contribution in [2.45, 2.75) is 70.4 Å². The van der Waals surface area contributed by atoms with Crippen LogP contribution in [0.4, 0.5) is 0 Å². The number of aliphatic hydroxyl groups excluding tert-OH is 3. The van der Waals surface area contributed by atoms with Gasteiger partial charge in [0.25, 0.3) is 0 Å². The van der Waals surface area contributed by atoms with Crippen molar-refractivity contribution in [3.63, 3.8) is 0 Å². The Morgan fingerprint density at radius 2 is 1.90 bits per heavy atom. The van der Waals surface area contributed by atoms with Gasteiger partial charge in [-0.05, 0) is 51.2 Å². The van der Waals surface area contributed by atoms with Crippen LogP contribution in [-0.4, -0.2) is 52.3 Å². The van der Waals surface area contributed by atoms with E-state index < -0.39 is 18.3 Å². The highest BCUT2D eigenvalue weighted by Gasteiger charge is 2.39. The van der Waals surface area contributed by atoms with Gasteiger partial charge in [-0.15, -0.1) is 0 Å². The molecule has 6 nitrogen and oxygen atoms in total. The molecular formula is C25H36O6. The van der Waals surface area contributed by atoms with Crippen LogP contribution in [0, 0.1) is 11.8 Å². The van der Waals surface area contributed by atoms with Crippen molar-refractivity contribution in [3.8, 4) is 5.75 Å². The van der Waals surface area contributed by atoms with Crippen LogP contribution in [0.2, 0.25) is 0 Å². The summed E-state index contributed by atoms with van der Waals surface area (Å²) in [4.78, 5) is 11.5. The predicted molar refractivity (Wildman–Crippen MR) is 120 cm³/mol. The van der Waals surface area contributed by atoms with E-state index in [-0.39, 0.29) is 30.5 Å². The second-order valence-corrected chi connectivity index (χ2v) is 8.33. The molecule has 1 aromatic carbocycles. The van der Waals surface area contributed by atoms with Crippen molar-refractivity contribution in [1.82, 2.24) is 0 Å². The average molecular weight is 433 g/mol. The Labute approximate surface area is 185 Å². The average Bonchev–Trinajstić information content (AvgIpc) is 3.00. The van der Waals surface area contributed by atoms with Gasteiger partial charge in [-0.3, -0.25) is 4.79 Å². The third kappa shape index (κ3) is 9.25. The van der Waals surface area contributed by atoms with Gasteiger partial charge in [0.1, 0.15) is 18.5 Å². The maximum atomic E-state index is 11.5. The Balaban J connectivity index is 1.77. The van der Waals surface area contributed by atoms with Gasteiger partial charge in [-0.2, -0.15) is 0 Å². The zero-order valence-electron chi connectivity index (χ0n) is 18.5. The molecule has 31 heavy (non-hydrogen) atoms. The quantitative estimate of drug-likeness (QED) is 0.266. The van der Waals surface area contributed by atoms with Crippen LogP contribution in [0.5, 0.6) is 5.75 Å². The number of benzene rings is 1. The minimum atomic E-state index is -0.799. The summed E-state index contributed by atoms with van der Waals surface area (Å²) in [5.74, 6) is 0.159. The fourth-order valence-electron chi connectivity index (χ4n) is 3.77. The molecule has 0 amide bonds. The molecule has 6 heteroatoms. The van der Waals surface area contributed by atoms with E-state index in [0.717, 1.165) is 12.8 Å². The van der Waals surface area contributed by atoms with Gasteiger partial charge >= 0.3 is 5.97 Å². The number of allylic oxidation sites excluding steroid dienone is 2. The van der Waals surface area contributed by atoms with Crippen LogP contribution in [0.3, 0.4) is 0 Å². The molecule has 1 fully saturated rings. The predicted octanol–water partition coefficient (Wildman–Crippen LogP) is 3.41. The lowest BCUT2D eigenvalue weighted by atomic mass is 9.89. The number of ether oxygens (including phenoxy) is 2. The fraction of sp³-hybridized carbons (Fsp3) is 0.560. The topological polar surface area (TPSA) is 96.2 Å². The van der Waals surface area contributed by atoms with Crippen LogP contribution in [0.15, 0.2) is 54.6 Å². The summed E-state index contributed by atoms with van der Waals surface area (Å²) in [7, 11) is 0. The number of aliphatic hydroxyl groups is 3. The van der Waals surface area contributed by atoms with Gasteiger partial charge in [0, 0.05) is 18.8 Å². The smallest absolute Gasteiger partial charge is 0.306 e. The van der Waals surface area contributed by atoms with Crippen molar-refractivity contribution in [3.05, 3.63) is 54.6 Å². The molecule has 1 saturated carbocycles. The summed E-state index contributed by atoms with van der Waals surface area (Å²) in [5.41, 5.74) is 0. The van der Waals surface area contributed by atoms with Crippen molar-refractivity contribution in [2.24, 2.45) is 11.8 Å². The summed E-state index contributed by atoms with van der Waals surface area (Å²) in [6.45, 7) is 3.79. The zero-order valence-corrected chi connectivity index (χ0v) is 18.5. The molecule has 0 aromatic heterocycles. The number of esters is 1. The van der Waals surface area contributed by atoms with Crippen molar-refractivity contribution < 1.29 is 29.6 Å². The Morgan fingerprint density at radius 3 is 2.61 bits per heavy atom. The molecule has 2 rings (SSSR count). The fourth-order valence-corrected chi connectivity index (χ4v) is 3.77. The molecule has 172 valence electrons. The maximum Gasteiger partial charge on any atom is 0.306 e. The molecule has 0 aliphatic heterocycles. The lowest BCUT2D eigenvalue weighted by Crippen LogP contribution is -2.21. The molecule has 1 aliphatic carbocycles. The van der Waals surface area contributed by atoms with E-state index in [0.29, 0.717) is 25.0 Å². The maximum absolute atomic E-state index is 11.5. The van der Waals surface area contributed by atoms with E-state index >= 15 is 0 Å². The summed E-state index contributed by atoms with van der Waals surface area (Å²) < 4.78 is 10.6. The Kier molecular flexibility index (Phi) is 10.8. The standard InChI is InChI=1S/C25H36O6/c1-18(2)31-25(29)13-9-4-3-8-12-21-22(24(28)16-23(21)27)15-14-19(26)17-30-20-10-6-5-7-11-20/h3,5-8,10-11,14-15,18-19,21-24,26-28H,4,9,12-13,16-17H2,1-2H3/t19?,21-,22-,23+,24-/m1/s1. The Bertz CT molecular complexity index is 699. The van der Waals surface area contributed by atoms with E-state index in [4.69, 9.17) is 9.47 Å². The highest BCUT2D eigenvalue weighted by atomic mass is 16.5. The van der Waals surface area contributed by atoms with Gasteiger partial charge in [-0.1, -0.05) is 42.5 Å². The summed E-state index contributed by atoms with van der Waals surface area (Å²) >= 11 is 0. The molecule has 1 aromatic rings. The normalized spacial score (nSPS) is 24.8. The first kappa shape index (κ1) is 25.1. The van der Waals surface area contributed by atoms with E-state index in [1.807, 2.05) is 56.3 Å². The van der Waals surface area contributed by atoms with Crippen LogP contribution in [0.1, 0.15) is 46.0 Å². The SMILES string of the molecule is CC(C)OC(=O)CCCC=CC[C@@H]1[C@@H](C=CC(O)COc2ccccc2)[C@H](O)C[C@@H]1O. The molecule has 0 saturated heterocycles. The molecule has 5 atom stereocenters. The number of para-hydroxylation sites is 1. The van der Waals surface area contributed by atoms with Gasteiger partial charge < -0.3 is 24.8 Å². The van der Waals surface area contributed by atoms with Gasteiger partial charge in [0.15, 0.2) is 0 Å². The molecule has 0 heterocycles. The highest BCUT2D eigenvalue weighted by Crippen LogP contribution is 2.36. The number of carbonyl (C=O) groups is 1. The van der Waals surface area contributed by atoms with Crippen LogP contribution < -0.4 is 4.74 Å². The molecular weight excluding hydrogens is 396 g/mol. The molecule has 0 bridgehead atoms. The molecule has 0 spiro atoms. The first-order valence-corrected chi connectivity index (χ1v) is 11.1. The lowest BCUT2D eigenvalue weighted by Gasteiger charge is -2.19. The third-order valence-electron chi connectivity index (χ3n) is 5.33. The summed E-state index contributed by atoms with van der Waals surface area (Å²) in [5, 5.41) is 30.8. The lowest BCUT2D eigenvalue weighted by molar-refractivity contribution is -0.147.